The molecule has 1 heterocycles. The standard InChI is InChI=1S/C15H16N2OS/c1-11(18)16-9-12-3-8-15(17-10-12)13-4-6-14(19-2)7-5-13/h3-8,10H,9H2,1-2H3,(H,16,18). The summed E-state index contributed by atoms with van der Waals surface area (Å²) in [4.78, 5) is 16.5. The highest BCUT2D eigenvalue weighted by molar-refractivity contribution is 7.98. The largest absolute Gasteiger partial charge is 0.352 e. The Hall–Kier alpha value is -1.81. The fourth-order valence-corrected chi connectivity index (χ4v) is 2.10. The molecule has 1 aromatic carbocycles. The zero-order valence-corrected chi connectivity index (χ0v) is 11.8. The minimum absolute atomic E-state index is 0.0308. The van der Waals surface area contributed by atoms with Crippen LogP contribution < -0.4 is 5.32 Å². The second kappa shape index (κ2) is 6.38. The molecule has 0 fully saturated rings. The Kier molecular flexibility index (Phi) is 4.58. The lowest BCUT2D eigenvalue weighted by molar-refractivity contribution is -0.119. The molecule has 2 aromatic rings. The normalized spacial score (nSPS) is 10.2. The van der Waals surface area contributed by atoms with E-state index < -0.39 is 0 Å². The highest BCUT2D eigenvalue weighted by atomic mass is 32.2. The predicted octanol–water partition coefficient (Wildman–Crippen LogP) is 3.11. The van der Waals surface area contributed by atoms with Gasteiger partial charge in [-0.2, -0.15) is 0 Å². The van der Waals surface area contributed by atoms with Crippen LogP contribution >= 0.6 is 11.8 Å². The molecule has 1 N–H and O–H groups in total. The number of thioether (sulfide) groups is 1. The van der Waals surface area contributed by atoms with E-state index in [-0.39, 0.29) is 5.91 Å². The summed E-state index contributed by atoms with van der Waals surface area (Å²) in [6, 6.07) is 12.3. The molecule has 0 saturated heterocycles. The molecule has 3 nitrogen and oxygen atoms in total. The minimum atomic E-state index is -0.0308. The van der Waals surface area contributed by atoms with Crippen LogP contribution in [-0.2, 0) is 11.3 Å². The summed E-state index contributed by atoms with van der Waals surface area (Å²) >= 11 is 1.72. The van der Waals surface area contributed by atoms with Gasteiger partial charge in [0.1, 0.15) is 0 Å². The zero-order chi connectivity index (χ0) is 13.7. The minimum Gasteiger partial charge on any atom is -0.352 e. The van der Waals surface area contributed by atoms with E-state index >= 15 is 0 Å². The quantitative estimate of drug-likeness (QED) is 0.870. The number of hydrogen-bond acceptors (Lipinski definition) is 3. The third-order valence-corrected chi connectivity index (χ3v) is 3.50. The fourth-order valence-electron chi connectivity index (χ4n) is 1.69. The smallest absolute Gasteiger partial charge is 0.217 e. The highest BCUT2D eigenvalue weighted by Crippen LogP contribution is 2.21. The molecule has 0 aliphatic carbocycles. The van der Waals surface area contributed by atoms with E-state index in [1.165, 1.54) is 11.8 Å². The van der Waals surface area contributed by atoms with Gasteiger partial charge in [-0.1, -0.05) is 18.2 Å². The van der Waals surface area contributed by atoms with Gasteiger partial charge in [0.05, 0.1) is 5.69 Å². The zero-order valence-electron chi connectivity index (χ0n) is 11.0. The Morgan fingerprint density at radius 3 is 2.47 bits per heavy atom. The van der Waals surface area contributed by atoms with Crippen LogP contribution in [0.5, 0.6) is 0 Å². The van der Waals surface area contributed by atoms with Crippen LogP contribution in [0.25, 0.3) is 11.3 Å². The van der Waals surface area contributed by atoms with E-state index in [1.807, 2.05) is 12.1 Å². The van der Waals surface area contributed by atoms with Gasteiger partial charge in [0.15, 0.2) is 0 Å². The third kappa shape index (κ3) is 3.83. The van der Waals surface area contributed by atoms with E-state index in [0.29, 0.717) is 6.54 Å². The Morgan fingerprint density at radius 1 is 1.21 bits per heavy atom. The van der Waals surface area contributed by atoms with Crippen LogP contribution in [0, 0.1) is 0 Å². The summed E-state index contributed by atoms with van der Waals surface area (Å²) in [5, 5.41) is 2.75. The number of carbonyl (C=O) groups excluding carboxylic acids is 1. The highest BCUT2D eigenvalue weighted by Gasteiger charge is 2.00. The number of benzene rings is 1. The summed E-state index contributed by atoms with van der Waals surface area (Å²) in [6.45, 7) is 2.03. The molecule has 0 spiro atoms. The van der Waals surface area contributed by atoms with Crippen molar-refractivity contribution in [3.8, 4) is 11.3 Å². The number of nitrogens with zero attached hydrogens (tertiary/aromatic N) is 1. The number of rotatable bonds is 4. The van der Waals surface area contributed by atoms with Crippen LogP contribution in [0.3, 0.4) is 0 Å². The number of carbonyl (C=O) groups is 1. The Bertz CT molecular complexity index is 549. The molecule has 1 amide bonds. The molecule has 0 saturated carbocycles. The number of hydrogen-bond donors (Lipinski definition) is 1. The van der Waals surface area contributed by atoms with Crippen LogP contribution in [-0.4, -0.2) is 17.1 Å². The van der Waals surface area contributed by atoms with Gasteiger partial charge in [-0.3, -0.25) is 9.78 Å². The number of pyridine rings is 1. The topological polar surface area (TPSA) is 42.0 Å². The van der Waals surface area contributed by atoms with Gasteiger partial charge in [-0.25, -0.2) is 0 Å². The summed E-state index contributed by atoms with van der Waals surface area (Å²) in [5.74, 6) is -0.0308. The van der Waals surface area contributed by atoms with Crippen molar-refractivity contribution in [3.63, 3.8) is 0 Å². The van der Waals surface area contributed by atoms with Gasteiger partial charge in [-0.15, -0.1) is 11.8 Å². The predicted molar refractivity (Wildman–Crippen MR) is 79.0 cm³/mol. The summed E-state index contributed by atoms with van der Waals surface area (Å²) in [6.07, 6.45) is 3.86. The first-order chi connectivity index (χ1) is 9.19. The van der Waals surface area contributed by atoms with Crippen molar-refractivity contribution < 1.29 is 4.79 Å². The lowest BCUT2D eigenvalue weighted by atomic mass is 10.1. The molecule has 0 bridgehead atoms. The van der Waals surface area contributed by atoms with E-state index in [4.69, 9.17) is 0 Å². The summed E-state index contributed by atoms with van der Waals surface area (Å²) in [5.41, 5.74) is 3.04. The molecule has 98 valence electrons. The van der Waals surface area contributed by atoms with Crippen LogP contribution in [0.1, 0.15) is 12.5 Å². The second-order valence-corrected chi connectivity index (χ2v) is 5.07. The Labute approximate surface area is 117 Å². The second-order valence-electron chi connectivity index (χ2n) is 4.19. The van der Waals surface area contributed by atoms with Gasteiger partial charge in [0.25, 0.3) is 0 Å². The molecular weight excluding hydrogens is 256 g/mol. The fraction of sp³-hybridized carbons (Fsp3) is 0.200. The van der Waals surface area contributed by atoms with Gasteiger partial charge in [0, 0.05) is 30.1 Å². The summed E-state index contributed by atoms with van der Waals surface area (Å²) in [7, 11) is 0. The maximum Gasteiger partial charge on any atom is 0.217 e. The van der Waals surface area contributed by atoms with Crippen molar-refractivity contribution in [3.05, 3.63) is 48.2 Å². The molecule has 1 aromatic heterocycles. The lowest BCUT2D eigenvalue weighted by Crippen LogP contribution is -2.18. The van der Waals surface area contributed by atoms with Gasteiger partial charge in [-0.05, 0) is 30.0 Å². The van der Waals surface area contributed by atoms with Crippen molar-refractivity contribution in [1.82, 2.24) is 10.3 Å². The maximum absolute atomic E-state index is 10.8. The van der Waals surface area contributed by atoms with E-state index in [1.54, 1.807) is 18.0 Å². The summed E-state index contributed by atoms with van der Waals surface area (Å²) < 4.78 is 0. The van der Waals surface area contributed by atoms with E-state index in [0.717, 1.165) is 16.8 Å². The lowest BCUT2D eigenvalue weighted by Gasteiger charge is -2.05. The Morgan fingerprint density at radius 2 is 1.95 bits per heavy atom. The molecule has 4 heteroatoms. The molecule has 19 heavy (non-hydrogen) atoms. The van der Waals surface area contributed by atoms with Crippen molar-refractivity contribution in [1.29, 1.82) is 0 Å². The van der Waals surface area contributed by atoms with Crippen molar-refractivity contribution in [2.24, 2.45) is 0 Å². The van der Waals surface area contributed by atoms with Crippen molar-refractivity contribution in [2.45, 2.75) is 18.4 Å². The van der Waals surface area contributed by atoms with Crippen molar-refractivity contribution >= 4 is 17.7 Å². The first-order valence-corrected chi connectivity index (χ1v) is 7.25. The average molecular weight is 272 g/mol. The molecule has 2 rings (SSSR count). The van der Waals surface area contributed by atoms with Gasteiger partial charge >= 0.3 is 0 Å². The number of nitrogens with one attached hydrogen (secondary N) is 1. The molecule has 0 atom stereocenters. The molecule has 0 aliphatic rings. The number of aromatic nitrogens is 1. The SMILES string of the molecule is CSc1ccc(-c2ccc(CNC(C)=O)cn2)cc1. The Balaban J connectivity index is 2.10. The average Bonchev–Trinajstić information content (AvgIpc) is 2.46. The first kappa shape index (κ1) is 13.6. The first-order valence-electron chi connectivity index (χ1n) is 6.03. The number of amides is 1. The van der Waals surface area contributed by atoms with Crippen molar-refractivity contribution in [2.75, 3.05) is 6.26 Å². The van der Waals surface area contributed by atoms with Crippen LogP contribution in [0.15, 0.2) is 47.5 Å². The molecule has 0 radical (unpaired) electrons. The maximum atomic E-state index is 10.8. The van der Waals surface area contributed by atoms with Crippen LogP contribution in [0.2, 0.25) is 0 Å². The van der Waals surface area contributed by atoms with E-state index in [9.17, 15) is 4.79 Å². The van der Waals surface area contributed by atoms with Crippen LogP contribution in [0.4, 0.5) is 0 Å². The van der Waals surface area contributed by atoms with Gasteiger partial charge < -0.3 is 5.32 Å². The molecule has 0 unspecified atom stereocenters. The van der Waals surface area contributed by atoms with E-state index in [2.05, 4.69) is 40.8 Å². The molecular formula is C15H16N2OS. The molecule has 0 aliphatic heterocycles. The van der Waals surface area contributed by atoms with Gasteiger partial charge in [0.2, 0.25) is 5.91 Å². The third-order valence-electron chi connectivity index (χ3n) is 2.75. The monoisotopic (exact) mass is 272 g/mol.